The number of nitrogens with one attached hydrogen (secondary N) is 1. The Balaban J connectivity index is 2.21. The van der Waals surface area contributed by atoms with Crippen LogP contribution < -0.4 is 5.32 Å². The van der Waals surface area contributed by atoms with Crippen LogP contribution in [0.4, 0.5) is 5.82 Å². The van der Waals surface area contributed by atoms with E-state index < -0.39 is 0 Å². The average Bonchev–Trinajstić information content (AvgIpc) is 2.42. The number of carbonyl (C=O) groups is 1. The molecule has 0 spiro atoms. The molecule has 1 aromatic carbocycles. The second-order valence-electron chi connectivity index (χ2n) is 3.91. The van der Waals surface area contributed by atoms with E-state index >= 15 is 0 Å². The Hall–Kier alpha value is -2.19. The summed E-state index contributed by atoms with van der Waals surface area (Å²) >= 11 is 3.39. The zero-order valence-corrected chi connectivity index (χ0v) is 11.7. The molecule has 0 bridgehead atoms. The molecule has 2 aromatic rings. The SMILES string of the molecule is Cc1c(Br)cccc1C(=O)Nc1ccc(C#N)cn1. The van der Waals surface area contributed by atoms with E-state index in [4.69, 9.17) is 5.26 Å². The largest absolute Gasteiger partial charge is 0.307 e. The van der Waals surface area contributed by atoms with E-state index in [1.807, 2.05) is 19.1 Å². The number of rotatable bonds is 2. The maximum atomic E-state index is 12.1. The number of halogens is 1. The Labute approximate surface area is 119 Å². The molecular weight excluding hydrogens is 306 g/mol. The van der Waals surface area contributed by atoms with Crippen LogP contribution in [0.5, 0.6) is 0 Å². The van der Waals surface area contributed by atoms with Crippen molar-refractivity contribution in [3.8, 4) is 6.07 Å². The molecule has 1 amide bonds. The van der Waals surface area contributed by atoms with Gasteiger partial charge in [0.25, 0.3) is 5.91 Å². The molecule has 0 radical (unpaired) electrons. The van der Waals surface area contributed by atoms with E-state index in [-0.39, 0.29) is 5.91 Å². The molecule has 4 nitrogen and oxygen atoms in total. The summed E-state index contributed by atoms with van der Waals surface area (Å²) in [6, 6.07) is 10.6. The molecule has 2 rings (SSSR count). The van der Waals surface area contributed by atoms with Crippen LogP contribution in [-0.4, -0.2) is 10.9 Å². The van der Waals surface area contributed by atoms with Crippen LogP contribution in [-0.2, 0) is 0 Å². The zero-order chi connectivity index (χ0) is 13.8. The number of carbonyl (C=O) groups excluding carboxylic acids is 1. The Bertz CT molecular complexity index is 659. The van der Waals surface area contributed by atoms with Gasteiger partial charge >= 0.3 is 0 Å². The Morgan fingerprint density at radius 2 is 2.16 bits per heavy atom. The molecule has 0 aliphatic rings. The summed E-state index contributed by atoms with van der Waals surface area (Å²) in [4.78, 5) is 16.1. The van der Waals surface area contributed by atoms with Crippen molar-refractivity contribution in [1.82, 2.24) is 4.98 Å². The minimum absolute atomic E-state index is 0.226. The molecule has 19 heavy (non-hydrogen) atoms. The van der Waals surface area contributed by atoms with Crippen LogP contribution in [0.1, 0.15) is 21.5 Å². The summed E-state index contributed by atoms with van der Waals surface area (Å²) in [7, 11) is 0. The van der Waals surface area contributed by atoms with E-state index in [1.54, 1.807) is 24.3 Å². The van der Waals surface area contributed by atoms with Gasteiger partial charge in [-0.1, -0.05) is 22.0 Å². The lowest BCUT2D eigenvalue weighted by Crippen LogP contribution is -2.14. The number of amides is 1. The third kappa shape index (κ3) is 2.98. The number of pyridine rings is 1. The minimum atomic E-state index is -0.226. The van der Waals surface area contributed by atoms with E-state index in [1.165, 1.54) is 6.20 Å². The number of hydrogen-bond acceptors (Lipinski definition) is 3. The second kappa shape index (κ2) is 5.63. The number of aromatic nitrogens is 1. The minimum Gasteiger partial charge on any atom is -0.307 e. The topological polar surface area (TPSA) is 65.8 Å². The van der Waals surface area contributed by atoms with Crippen molar-refractivity contribution in [1.29, 1.82) is 5.26 Å². The fourth-order valence-electron chi connectivity index (χ4n) is 1.57. The van der Waals surface area contributed by atoms with Crippen LogP contribution in [0.3, 0.4) is 0 Å². The van der Waals surface area contributed by atoms with Gasteiger partial charge in [-0.25, -0.2) is 4.98 Å². The molecule has 1 N–H and O–H groups in total. The zero-order valence-electron chi connectivity index (χ0n) is 10.1. The first kappa shape index (κ1) is 13.2. The maximum Gasteiger partial charge on any atom is 0.257 e. The quantitative estimate of drug-likeness (QED) is 0.924. The highest BCUT2D eigenvalue weighted by Gasteiger charge is 2.11. The van der Waals surface area contributed by atoms with Crippen molar-refractivity contribution >= 4 is 27.7 Å². The van der Waals surface area contributed by atoms with Gasteiger partial charge in [-0.15, -0.1) is 0 Å². The Morgan fingerprint density at radius 1 is 1.37 bits per heavy atom. The van der Waals surface area contributed by atoms with Crippen LogP contribution in [0, 0.1) is 18.3 Å². The number of nitriles is 1. The van der Waals surface area contributed by atoms with Crippen molar-refractivity contribution in [3.63, 3.8) is 0 Å². The Kier molecular flexibility index (Phi) is 3.93. The van der Waals surface area contributed by atoms with E-state index in [0.717, 1.165) is 10.0 Å². The smallest absolute Gasteiger partial charge is 0.257 e. The summed E-state index contributed by atoms with van der Waals surface area (Å²) in [5.74, 6) is 0.194. The Morgan fingerprint density at radius 3 is 2.79 bits per heavy atom. The molecule has 94 valence electrons. The lowest BCUT2D eigenvalue weighted by molar-refractivity contribution is 0.102. The summed E-state index contributed by atoms with van der Waals surface area (Å²) in [5, 5.41) is 11.4. The van der Waals surface area contributed by atoms with Gasteiger partial charge < -0.3 is 5.32 Å². The molecule has 0 fully saturated rings. The lowest BCUT2D eigenvalue weighted by atomic mass is 10.1. The summed E-state index contributed by atoms with van der Waals surface area (Å²) < 4.78 is 0.882. The van der Waals surface area contributed by atoms with Crippen molar-refractivity contribution in [2.75, 3.05) is 5.32 Å². The highest BCUT2D eigenvalue weighted by molar-refractivity contribution is 9.10. The van der Waals surface area contributed by atoms with Crippen molar-refractivity contribution < 1.29 is 4.79 Å². The van der Waals surface area contributed by atoms with Crippen molar-refractivity contribution in [2.24, 2.45) is 0 Å². The molecule has 0 aliphatic carbocycles. The maximum absolute atomic E-state index is 12.1. The molecule has 1 heterocycles. The van der Waals surface area contributed by atoms with Crippen molar-refractivity contribution in [3.05, 3.63) is 57.7 Å². The molecule has 0 saturated heterocycles. The van der Waals surface area contributed by atoms with E-state index in [9.17, 15) is 4.79 Å². The van der Waals surface area contributed by atoms with E-state index in [2.05, 4.69) is 26.2 Å². The third-order valence-electron chi connectivity index (χ3n) is 2.65. The fourth-order valence-corrected chi connectivity index (χ4v) is 1.94. The lowest BCUT2D eigenvalue weighted by Gasteiger charge is -2.08. The van der Waals surface area contributed by atoms with Crippen LogP contribution in [0.15, 0.2) is 41.0 Å². The van der Waals surface area contributed by atoms with Crippen molar-refractivity contribution in [2.45, 2.75) is 6.92 Å². The summed E-state index contributed by atoms with van der Waals surface area (Å²) in [6.45, 7) is 1.87. The van der Waals surface area contributed by atoms with Gasteiger partial charge in [-0.2, -0.15) is 5.26 Å². The van der Waals surface area contributed by atoms with Crippen LogP contribution >= 0.6 is 15.9 Å². The van der Waals surface area contributed by atoms with Gasteiger partial charge in [0.05, 0.1) is 5.56 Å². The number of anilines is 1. The first-order valence-corrected chi connectivity index (χ1v) is 6.33. The monoisotopic (exact) mass is 315 g/mol. The van der Waals surface area contributed by atoms with E-state index in [0.29, 0.717) is 16.9 Å². The van der Waals surface area contributed by atoms with Gasteiger partial charge in [0, 0.05) is 16.2 Å². The normalized spacial score (nSPS) is 9.74. The summed E-state index contributed by atoms with van der Waals surface area (Å²) in [5.41, 5.74) is 1.91. The van der Waals surface area contributed by atoms with Crippen LogP contribution in [0.25, 0.3) is 0 Å². The van der Waals surface area contributed by atoms with Crippen LogP contribution in [0.2, 0.25) is 0 Å². The molecular formula is C14H10BrN3O. The van der Waals surface area contributed by atoms with Gasteiger partial charge in [0.15, 0.2) is 0 Å². The summed E-state index contributed by atoms with van der Waals surface area (Å²) in [6.07, 6.45) is 1.42. The average molecular weight is 316 g/mol. The highest BCUT2D eigenvalue weighted by Crippen LogP contribution is 2.20. The van der Waals surface area contributed by atoms with Gasteiger partial charge in [-0.3, -0.25) is 4.79 Å². The molecule has 0 unspecified atom stereocenters. The standard InChI is InChI=1S/C14H10BrN3O/c1-9-11(3-2-4-12(9)15)14(19)18-13-6-5-10(7-16)8-17-13/h2-6,8H,1H3,(H,17,18,19). The van der Waals surface area contributed by atoms with Gasteiger partial charge in [0.1, 0.15) is 11.9 Å². The predicted molar refractivity (Wildman–Crippen MR) is 75.8 cm³/mol. The molecule has 1 aromatic heterocycles. The molecule has 0 atom stereocenters. The number of hydrogen-bond donors (Lipinski definition) is 1. The first-order valence-electron chi connectivity index (χ1n) is 5.54. The molecule has 5 heteroatoms. The number of nitrogens with zero attached hydrogens (tertiary/aromatic N) is 2. The van der Waals surface area contributed by atoms with Gasteiger partial charge in [0.2, 0.25) is 0 Å². The predicted octanol–water partition coefficient (Wildman–Crippen LogP) is 3.28. The first-order chi connectivity index (χ1) is 9.11. The fraction of sp³-hybridized carbons (Fsp3) is 0.0714. The third-order valence-corrected chi connectivity index (χ3v) is 3.51. The number of benzene rings is 1. The molecule has 0 saturated carbocycles. The highest BCUT2D eigenvalue weighted by atomic mass is 79.9. The van der Waals surface area contributed by atoms with Gasteiger partial charge in [-0.05, 0) is 36.8 Å². The second-order valence-corrected chi connectivity index (χ2v) is 4.76. The molecule has 0 aliphatic heterocycles.